The predicted molar refractivity (Wildman–Crippen MR) is 88.9 cm³/mol. The van der Waals surface area contributed by atoms with Gasteiger partial charge >= 0.3 is 0 Å². The number of fused-ring (bicyclic) bond motifs is 2. The van der Waals surface area contributed by atoms with Gasteiger partial charge in [-0.05, 0) is 67.6 Å². The number of hydrogen-bond acceptors (Lipinski definition) is 1. The van der Waals surface area contributed by atoms with Crippen LogP contribution < -0.4 is 4.74 Å². The molecule has 0 saturated heterocycles. The molecule has 0 aromatic heterocycles. The molecule has 0 atom stereocenters. The van der Waals surface area contributed by atoms with Crippen molar-refractivity contribution in [2.45, 2.75) is 71.1 Å². The van der Waals surface area contributed by atoms with Gasteiger partial charge in [0.15, 0.2) is 0 Å². The van der Waals surface area contributed by atoms with Crippen LogP contribution in [-0.4, -0.2) is 6.61 Å². The lowest BCUT2D eigenvalue weighted by molar-refractivity contribution is 0.152. The Balaban J connectivity index is 1.60. The number of rotatable bonds is 6. The summed E-state index contributed by atoms with van der Waals surface area (Å²) in [7, 11) is 0. The van der Waals surface area contributed by atoms with Crippen molar-refractivity contribution >= 4 is 0 Å². The smallest absolute Gasteiger partial charge is 0.119 e. The molecule has 0 spiro atoms. The quantitative estimate of drug-likeness (QED) is 0.649. The summed E-state index contributed by atoms with van der Waals surface area (Å²) in [5.41, 5.74) is 2.22. The van der Waals surface area contributed by atoms with Gasteiger partial charge in [0.1, 0.15) is 5.75 Å². The lowest BCUT2D eigenvalue weighted by Crippen LogP contribution is -2.23. The van der Waals surface area contributed by atoms with Crippen LogP contribution in [0.4, 0.5) is 0 Å². The summed E-state index contributed by atoms with van der Waals surface area (Å²) < 4.78 is 6.14. The molecule has 116 valence electrons. The predicted octanol–water partition coefficient (Wildman–Crippen LogP) is 5.72. The first-order chi connectivity index (χ1) is 10.0. The van der Waals surface area contributed by atoms with Gasteiger partial charge in [0.2, 0.25) is 0 Å². The Morgan fingerprint density at radius 3 is 2.33 bits per heavy atom. The number of ether oxygens (including phenoxy) is 1. The Labute approximate surface area is 130 Å². The van der Waals surface area contributed by atoms with Crippen molar-refractivity contribution in [3.63, 3.8) is 0 Å². The molecule has 0 amide bonds. The summed E-state index contributed by atoms with van der Waals surface area (Å²) in [6, 6.07) is 8.86. The molecule has 0 N–H and O–H groups in total. The minimum Gasteiger partial charge on any atom is -0.493 e. The van der Waals surface area contributed by atoms with Crippen LogP contribution >= 0.6 is 0 Å². The van der Waals surface area contributed by atoms with E-state index in [1.165, 1.54) is 50.5 Å². The molecular formula is C20H30O. The summed E-state index contributed by atoms with van der Waals surface area (Å²) in [6.45, 7) is 7.86. The van der Waals surface area contributed by atoms with Crippen LogP contribution in [0.3, 0.4) is 0 Å². The van der Waals surface area contributed by atoms with Gasteiger partial charge in [-0.1, -0.05) is 39.3 Å². The number of hydrogen-bond donors (Lipinski definition) is 0. The van der Waals surface area contributed by atoms with E-state index in [2.05, 4.69) is 45.0 Å². The Hall–Kier alpha value is -0.980. The Kier molecular flexibility index (Phi) is 4.03. The van der Waals surface area contributed by atoms with Crippen LogP contribution in [0.5, 0.6) is 5.75 Å². The lowest BCUT2D eigenvalue weighted by Gasteiger charge is -2.27. The summed E-state index contributed by atoms with van der Waals surface area (Å²) in [5, 5.41) is 0. The van der Waals surface area contributed by atoms with Crippen molar-refractivity contribution in [2.75, 3.05) is 6.61 Å². The van der Waals surface area contributed by atoms with Crippen molar-refractivity contribution in [1.29, 1.82) is 0 Å². The fraction of sp³-hybridized carbons (Fsp3) is 0.700. The molecule has 1 nitrogen and oxygen atoms in total. The summed E-state index contributed by atoms with van der Waals surface area (Å²) >= 11 is 0. The van der Waals surface area contributed by atoms with Gasteiger partial charge in [0.05, 0.1) is 6.61 Å². The molecule has 1 heteroatoms. The molecule has 1 aromatic rings. The maximum atomic E-state index is 6.14. The largest absolute Gasteiger partial charge is 0.493 e. The second-order valence-electron chi connectivity index (χ2n) is 8.09. The summed E-state index contributed by atoms with van der Waals surface area (Å²) in [6.07, 6.45) is 9.53. The van der Waals surface area contributed by atoms with Crippen molar-refractivity contribution in [1.82, 2.24) is 0 Å². The zero-order valence-corrected chi connectivity index (χ0v) is 14.0. The van der Waals surface area contributed by atoms with E-state index in [9.17, 15) is 0 Å². The molecule has 2 aliphatic carbocycles. The molecular weight excluding hydrogens is 256 g/mol. The molecule has 2 saturated carbocycles. The summed E-state index contributed by atoms with van der Waals surface area (Å²) in [5.74, 6) is 2.06. The van der Waals surface area contributed by atoms with E-state index in [0.717, 1.165) is 18.3 Å². The van der Waals surface area contributed by atoms with Crippen molar-refractivity contribution < 1.29 is 4.74 Å². The Morgan fingerprint density at radius 2 is 1.81 bits per heavy atom. The van der Waals surface area contributed by atoms with Crippen LogP contribution in [0.15, 0.2) is 24.3 Å². The van der Waals surface area contributed by atoms with Gasteiger partial charge < -0.3 is 4.74 Å². The SMILES string of the molecule is CCCC(C)(C)c1ccc(OCC23CCC(CC2)C3)cc1. The Morgan fingerprint density at radius 1 is 1.14 bits per heavy atom. The van der Waals surface area contributed by atoms with Crippen molar-refractivity contribution in [2.24, 2.45) is 11.3 Å². The molecule has 2 fully saturated rings. The third kappa shape index (κ3) is 3.12. The molecule has 1 aromatic carbocycles. The first-order valence-electron chi connectivity index (χ1n) is 8.76. The zero-order valence-electron chi connectivity index (χ0n) is 14.0. The zero-order chi connectivity index (χ0) is 14.9. The highest BCUT2D eigenvalue weighted by Crippen LogP contribution is 2.54. The average molecular weight is 286 g/mol. The minimum absolute atomic E-state index is 0.274. The van der Waals surface area contributed by atoms with E-state index < -0.39 is 0 Å². The first-order valence-corrected chi connectivity index (χ1v) is 8.76. The van der Waals surface area contributed by atoms with E-state index in [1.54, 1.807) is 0 Å². The van der Waals surface area contributed by atoms with Crippen LogP contribution in [0.2, 0.25) is 0 Å². The normalized spacial score (nSPS) is 28.0. The maximum Gasteiger partial charge on any atom is 0.119 e. The van der Waals surface area contributed by atoms with Crippen LogP contribution in [0.25, 0.3) is 0 Å². The molecule has 0 aliphatic heterocycles. The molecule has 0 radical (unpaired) electrons. The second kappa shape index (κ2) is 5.66. The first kappa shape index (κ1) is 14.9. The van der Waals surface area contributed by atoms with Gasteiger partial charge in [-0.2, -0.15) is 0 Å². The van der Waals surface area contributed by atoms with Crippen LogP contribution in [-0.2, 0) is 5.41 Å². The highest BCUT2D eigenvalue weighted by atomic mass is 16.5. The third-order valence-electron chi connectivity index (χ3n) is 5.94. The standard InChI is InChI=1S/C20H30O/c1-4-11-19(2,3)17-5-7-18(8-6-17)21-15-20-12-9-16(14-20)10-13-20/h5-8,16H,4,9-15H2,1-3H3. The monoisotopic (exact) mass is 286 g/mol. The molecule has 0 heterocycles. The van der Waals surface area contributed by atoms with E-state index in [1.807, 2.05) is 0 Å². The van der Waals surface area contributed by atoms with Crippen LogP contribution in [0.1, 0.15) is 71.3 Å². The van der Waals surface area contributed by atoms with Gasteiger partial charge in [0.25, 0.3) is 0 Å². The fourth-order valence-electron chi connectivity index (χ4n) is 4.52. The van der Waals surface area contributed by atoms with Gasteiger partial charge in [-0.3, -0.25) is 0 Å². The highest BCUT2D eigenvalue weighted by Gasteiger charge is 2.45. The third-order valence-corrected chi connectivity index (χ3v) is 5.94. The fourth-order valence-corrected chi connectivity index (χ4v) is 4.52. The highest BCUT2D eigenvalue weighted by molar-refractivity contribution is 5.31. The number of benzene rings is 1. The molecule has 2 bridgehead atoms. The molecule has 3 rings (SSSR count). The lowest BCUT2D eigenvalue weighted by atomic mass is 9.81. The topological polar surface area (TPSA) is 9.23 Å². The summed E-state index contributed by atoms with van der Waals surface area (Å²) in [4.78, 5) is 0. The van der Waals surface area contributed by atoms with Crippen LogP contribution in [0, 0.1) is 11.3 Å². The van der Waals surface area contributed by atoms with Gasteiger partial charge in [0, 0.05) is 5.41 Å². The molecule has 2 aliphatic rings. The van der Waals surface area contributed by atoms with E-state index in [0.29, 0.717) is 5.41 Å². The molecule has 0 unspecified atom stereocenters. The molecule has 21 heavy (non-hydrogen) atoms. The van der Waals surface area contributed by atoms with Crippen molar-refractivity contribution in [3.8, 4) is 5.75 Å². The Bertz CT molecular complexity index is 463. The van der Waals surface area contributed by atoms with Gasteiger partial charge in [-0.15, -0.1) is 0 Å². The van der Waals surface area contributed by atoms with E-state index >= 15 is 0 Å². The average Bonchev–Trinajstić information content (AvgIpc) is 3.07. The van der Waals surface area contributed by atoms with E-state index in [4.69, 9.17) is 4.74 Å². The van der Waals surface area contributed by atoms with Gasteiger partial charge in [-0.25, -0.2) is 0 Å². The maximum absolute atomic E-state index is 6.14. The van der Waals surface area contributed by atoms with Crippen molar-refractivity contribution in [3.05, 3.63) is 29.8 Å². The van der Waals surface area contributed by atoms with E-state index in [-0.39, 0.29) is 5.41 Å². The minimum atomic E-state index is 0.274. The second-order valence-corrected chi connectivity index (χ2v) is 8.09.